The highest BCUT2D eigenvalue weighted by atomic mass is 16.7. The molecule has 1 heterocycles. The molecule has 0 aromatic heterocycles. The zero-order valence-electron chi connectivity index (χ0n) is 16.5. The molecule has 1 aliphatic rings. The first kappa shape index (κ1) is 22.0. The van der Waals surface area contributed by atoms with Gasteiger partial charge in [0.05, 0.1) is 19.8 Å². The Balaban J connectivity index is 1.76. The number of hydrogen-bond donors (Lipinski definition) is 0. The average molecular weight is 395 g/mol. The molecule has 0 aliphatic carbocycles. The van der Waals surface area contributed by atoms with Gasteiger partial charge in [-0.05, 0) is 32.3 Å². The second-order valence-electron chi connectivity index (χ2n) is 6.28. The van der Waals surface area contributed by atoms with Crippen molar-refractivity contribution in [2.75, 3.05) is 33.2 Å². The number of benzene rings is 1. The van der Waals surface area contributed by atoms with Crippen LogP contribution in [0.5, 0.6) is 0 Å². The van der Waals surface area contributed by atoms with E-state index in [1.54, 1.807) is 13.8 Å². The van der Waals surface area contributed by atoms with Gasteiger partial charge in [0, 0.05) is 19.1 Å². The molecule has 1 aromatic rings. The number of carbonyl (C=O) groups is 2. The monoisotopic (exact) mass is 395 g/mol. The molecule has 1 fully saturated rings. The Morgan fingerprint density at radius 2 is 1.82 bits per heavy atom. The molecule has 2 unspecified atom stereocenters. The Hall–Kier alpha value is -2.32. The van der Waals surface area contributed by atoms with Gasteiger partial charge in [0.15, 0.2) is 6.23 Å². The van der Waals surface area contributed by atoms with Gasteiger partial charge in [-0.25, -0.2) is 9.59 Å². The van der Waals surface area contributed by atoms with E-state index < -0.39 is 18.5 Å². The molecule has 0 N–H and O–H groups in total. The van der Waals surface area contributed by atoms with Crippen molar-refractivity contribution < 1.29 is 33.3 Å². The highest BCUT2D eigenvalue weighted by molar-refractivity contribution is 5.69. The van der Waals surface area contributed by atoms with Crippen molar-refractivity contribution in [3.05, 3.63) is 35.9 Å². The van der Waals surface area contributed by atoms with Crippen LogP contribution in [-0.2, 0) is 30.3 Å². The summed E-state index contributed by atoms with van der Waals surface area (Å²) in [4.78, 5) is 25.3. The third kappa shape index (κ3) is 7.01. The summed E-state index contributed by atoms with van der Waals surface area (Å²) in [5.74, 6) is -0.0528. The van der Waals surface area contributed by atoms with Gasteiger partial charge in [0.2, 0.25) is 0 Å². The van der Waals surface area contributed by atoms with Crippen molar-refractivity contribution >= 4 is 12.2 Å². The predicted molar refractivity (Wildman–Crippen MR) is 100 cm³/mol. The largest absolute Gasteiger partial charge is 0.510 e. The summed E-state index contributed by atoms with van der Waals surface area (Å²) in [6.45, 7) is 5.43. The first-order valence-electron chi connectivity index (χ1n) is 9.61. The number of amides is 1. The summed E-state index contributed by atoms with van der Waals surface area (Å²) in [7, 11) is 0. The molecule has 1 amide bonds. The van der Waals surface area contributed by atoms with Gasteiger partial charge in [-0.1, -0.05) is 30.3 Å². The van der Waals surface area contributed by atoms with E-state index >= 15 is 0 Å². The lowest BCUT2D eigenvalue weighted by atomic mass is 10.0. The van der Waals surface area contributed by atoms with Crippen LogP contribution in [0.15, 0.2) is 30.3 Å². The van der Waals surface area contributed by atoms with Crippen molar-refractivity contribution in [1.82, 2.24) is 4.90 Å². The molecule has 156 valence electrons. The van der Waals surface area contributed by atoms with E-state index in [9.17, 15) is 9.59 Å². The summed E-state index contributed by atoms with van der Waals surface area (Å²) in [5.41, 5.74) is 1.08. The Morgan fingerprint density at radius 3 is 2.54 bits per heavy atom. The molecule has 0 bridgehead atoms. The van der Waals surface area contributed by atoms with Crippen LogP contribution in [0.2, 0.25) is 0 Å². The molecule has 0 saturated carbocycles. The molecule has 0 spiro atoms. The summed E-state index contributed by atoms with van der Waals surface area (Å²) in [5, 5.41) is 0. The summed E-state index contributed by atoms with van der Waals surface area (Å²) in [6, 6.07) is 9.84. The second-order valence-corrected chi connectivity index (χ2v) is 6.28. The van der Waals surface area contributed by atoms with Crippen molar-refractivity contribution in [2.24, 2.45) is 5.92 Å². The number of rotatable bonds is 10. The fourth-order valence-electron chi connectivity index (χ4n) is 3.01. The Labute approximate surface area is 165 Å². The van der Waals surface area contributed by atoms with Gasteiger partial charge in [-0.3, -0.25) is 4.90 Å². The normalized spacial score (nSPS) is 18.7. The quantitative estimate of drug-likeness (QED) is 0.340. The maximum atomic E-state index is 12.1. The second kappa shape index (κ2) is 12.2. The predicted octanol–water partition coefficient (Wildman–Crippen LogP) is 3.55. The van der Waals surface area contributed by atoms with Crippen molar-refractivity contribution in [3.8, 4) is 0 Å². The number of hydrogen-bond acceptors (Lipinski definition) is 7. The molecule has 2 atom stereocenters. The minimum Gasteiger partial charge on any atom is -0.450 e. The minimum atomic E-state index is -0.791. The van der Waals surface area contributed by atoms with Gasteiger partial charge < -0.3 is 23.7 Å². The smallest absolute Gasteiger partial charge is 0.450 e. The molecule has 8 nitrogen and oxygen atoms in total. The summed E-state index contributed by atoms with van der Waals surface area (Å²) >= 11 is 0. The van der Waals surface area contributed by atoms with E-state index in [0.29, 0.717) is 32.6 Å². The van der Waals surface area contributed by atoms with Gasteiger partial charge in [-0.15, -0.1) is 0 Å². The van der Waals surface area contributed by atoms with E-state index in [-0.39, 0.29) is 25.9 Å². The van der Waals surface area contributed by atoms with E-state index in [4.69, 9.17) is 23.7 Å². The van der Waals surface area contributed by atoms with Crippen LogP contribution in [0, 0.1) is 5.92 Å². The van der Waals surface area contributed by atoms with Gasteiger partial charge in [0.1, 0.15) is 6.79 Å². The first-order valence-corrected chi connectivity index (χ1v) is 9.61. The SMILES string of the molecule is CCOC(=O)OC1C(CCOCOCc2ccccc2)CCN1C(=O)OCC. The third-order valence-corrected chi connectivity index (χ3v) is 4.34. The highest BCUT2D eigenvalue weighted by Crippen LogP contribution is 2.29. The van der Waals surface area contributed by atoms with Crippen LogP contribution in [0.3, 0.4) is 0 Å². The zero-order valence-corrected chi connectivity index (χ0v) is 16.5. The van der Waals surface area contributed by atoms with Crippen LogP contribution in [-0.4, -0.2) is 56.5 Å². The topological polar surface area (TPSA) is 83.5 Å². The lowest BCUT2D eigenvalue weighted by Gasteiger charge is -2.26. The standard InChI is InChI=1S/C20H29NO7/c1-3-26-19(22)21-12-10-17(18(21)28-20(23)27-4-2)11-13-24-15-25-14-16-8-6-5-7-9-16/h5-9,17-18H,3-4,10-15H2,1-2H3. The molecule has 28 heavy (non-hydrogen) atoms. The fraction of sp³-hybridized carbons (Fsp3) is 0.600. The molecule has 2 rings (SSSR count). The summed E-state index contributed by atoms with van der Waals surface area (Å²) < 4.78 is 26.3. The number of carbonyl (C=O) groups excluding carboxylic acids is 2. The van der Waals surface area contributed by atoms with Crippen LogP contribution in [0.1, 0.15) is 32.3 Å². The Bertz CT molecular complexity index is 595. The van der Waals surface area contributed by atoms with Crippen LogP contribution >= 0.6 is 0 Å². The van der Waals surface area contributed by atoms with E-state index in [1.807, 2.05) is 30.3 Å². The van der Waals surface area contributed by atoms with Crippen molar-refractivity contribution in [2.45, 2.75) is 39.5 Å². The van der Waals surface area contributed by atoms with E-state index in [2.05, 4.69) is 0 Å². The van der Waals surface area contributed by atoms with Crippen LogP contribution < -0.4 is 0 Å². The average Bonchev–Trinajstić information content (AvgIpc) is 3.08. The molecule has 1 saturated heterocycles. The van der Waals surface area contributed by atoms with E-state index in [1.165, 1.54) is 4.90 Å². The molecular weight excluding hydrogens is 366 g/mol. The molecule has 8 heteroatoms. The van der Waals surface area contributed by atoms with Crippen LogP contribution in [0.4, 0.5) is 9.59 Å². The van der Waals surface area contributed by atoms with Crippen molar-refractivity contribution in [3.63, 3.8) is 0 Å². The fourth-order valence-corrected chi connectivity index (χ4v) is 3.01. The van der Waals surface area contributed by atoms with Crippen molar-refractivity contribution in [1.29, 1.82) is 0 Å². The summed E-state index contributed by atoms with van der Waals surface area (Å²) in [6.07, 6.45) is -0.689. The number of likely N-dealkylation sites (tertiary alicyclic amines) is 1. The molecular formula is C20H29NO7. The molecule has 1 aromatic carbocycles. The third-order valence-electron chi connectivity index (χ3n) is 4.34. The lowest BCUT2D eigenvalue weighted by Crippen LogP contribution is -2.41. The zero-order chi connectivity index (χ0) is 20.2. The van der Waals surface area contributed by atoms with Gasteiger partial charge in [0.25, 0.3) is 0 Å². The van der Waals surface area contributed by atoms with Gasteiger partial charge in [-0.2, -0.15) is 0 Å². The van der Waals surface area contributed by atoms with Crippen LogP contribution in [0.25, 0.3) is 0 Å². The number of nitrogens with zero attached hydrogens (tertiary/aromatic N) is 1. The lowest BCUT2D eigenvalue weighted by molar-refractivity contribution is -0.0756. The molecule has 1 aliphatic heterocycles. The Morgan fingerprint density at radius 1 is 1.07 bits per heavy atom. The Kier molecular flexibility index (Phi) is 9.57. The van der Waals surface area contributed by atoms with Gasteiger partial charge >= 0.3 is 12.2 Å². The highest BCUT2D eigenvalue weighted by Gasteiger charge is 2.40. The maximum absolute atomic E-state index is 12.1. The first-order chi connectivity index (χ1) is 13.7. The maximum Gasteiger partial charge on any atom is 0.510 e. The minimum absolute atomic E-state index is 0.0528. The number of ether oxygens (including phenoxy) is 5. The molecule has 0 radical (unpaired) electrons. The van der Waals surface area contributed by atoms with E-state index in [0.717, 1.165) is 5.56 Å².